The average molecular weight is 318 g/mol. The fraction of sp³-hybridized carbons (Fsp3) is 0.417. The molecule has 0 aliphatic carbocycles. The standard InChI is InChI=1S/C12H15FN2O5S/c13-21(18,19)20-11-6-9(7-12(16)17)5-10(8-11)15-3-1-14-2-4-15/h5-6,8,14H,1-4,7H2,(H,16,17). The van der Waals surface area contributed by atoms with E-state index in [1.807, 2.05) is 4.90 Å². The van der Waals surface area contributed by atoms with Crippen molar-refractivity contribution in [1.29, 1.82) is 0 Å². The first-order valence-corrected chi connectivity index (χ1v) is 7.60. The molecule has 21 heavy (non-hydrogen) atoms. The van der Waals surface area contributed by atoms with E-state index in [4.69, 9.17) is 5.11 Å². The van der Waals surface area contributed by atoms with Crippen molar-refractivity contribution in [2.75, 3.05) is 31.1 Å². The Labute approximate surface area is 121 Å². The lowest BCUT2D eigenvalue weighted by Crippen LogP contribution is -2.43. The molecule has 1 aliphatic rings. The number of anilines is 1. The van der Waals surface area contributed by atoms with Gasteiger partial charge in [-0.1, -0.05) is 3.89 Å². The Bertz CT molecular complexity index is 629. The van der Waals surface area contributed by atoms with Gasteiger partial charge >= 0.3 is 16.5 Å². The Hall–Kier alpha value is -1.87. The number of nitrogens with one attached hydrogen (secondary N) is 1. The molecule has 1 fully saturated rings. The summed E-state index contributed by atoms with van der Waals surface area (Å²) in [6.45, 7) is 2.86. The maximum absolute atomic E-state index is 12.7. The van der Waals surface area contributed by atoms with Crippen LogP contribution in [0, 0.1) is 0 Å². The zero-order valence-electron chi connectivity index (χ0n) is 11.1. The first-order valence-electron chi connectivity index (χ1n) is 6.29. The molecule has 0 atom stereocenters. The van der Waals surface area contributed by atoms with Crippen LogP contribution in [0.5, 0.6) is 5.75 Å². The minimum Gasteiger partial charge on any atom is -0.481 e. The summed E-state index contributed by atoms with van der Waals surface area (Å²) in [7, 11) is -5.15. The van der Waals surface area contributed by atoms with Crippen molar-refractivity contribution >= 4 is 22.2 Å². The van der Waals surface area contributed by atoms with Crippen molar-refractivity contribution in [3.05, 3.63) is 23.8 Å². The van der Waals surface area contributed by atoms with Crippen LogP contribution in [0.25, 0.3) is 0 Å². The van der Waals surface area contributed by atoms with Crippen LogP contribution in [-0.4, -0.2) is 45.7 Å². The third kappa shape index (κ3) is 4.87. The lowest BCUT2D eigenvalue weighted by Gasteiger charge is -2.30. The number of piperazine rings is 1. The molecule has 0 bridgehead atoms. The number of carboxylic acids is 1. The Morgan fingerprint density at radius 3 is 2.57 bits per heavy atom. The molecule has 1 aliphatic heterocycles. The molecule has 1 heterocycles. The average Bonchev–Trinajstić information content (AvgIpc) is 2.36. The molecule has 0 unspecified atom stereocenters. The van der Waals surface area contributed by atoms with Gasteiger partial charge in [-0.15, -0.1) is 0 Å². The van der Waals surface area contributed by atoms with E-state index >= 15 is 0 Å². The molecule has 2 N–H and O–H groups in total. The second-order valence-corrected chi connectivity index (χ2v) is 5.57. The summed E-state index contributed by atoms with van der Waals surface area (Å²) in [5.41, 5.74) is 0.950. The van der Waals surface area contributed by atoms with E-state index in [0.717, 1.165) is 13.1 Å². The van der Waals surface area contributed by atoms with Crippen LogP contribution in [-0.2, 0) is 21.7 Å². The van der Waals surface area contributed by atoms with E-state index in [1.165, 1.54) is 12.1 Å². The quantitative estimate of drug-likeness (QED) is 0.755. The molecule has 2 rings (SSSR count). The second-order valence-electron chi connectivity index (χ2n) is 4.62. The van der Waals surface area contributed by atoms with Crippen LogP contribution < -0.4 is 14.4 Å². The highest BCUT2D eigenvalue weighted by Crippen LogP contribution is 2.26. The van der Waals surface area contributed by atoms with Gasteiger partial charge in [0.2, 0.25) is 0 Å². The molecule has 0 aromatic heterocycles. The van der Waals surface area contributed by atoms with Crippen molar-refractivity contribution < 1.29 is 26.4 Å². The minimum atomic E-state index is -5.15. The zero-order valence-corrected chi connectivity index (χ0v) is 11.9. The van der Waals surface area contributed by atoms with Crippen molar-refractivity contribution in [3.63, 3.8) is 0 Å². The van der Waals surface area contributed by atoms with Gasteiger partial charge in [-0.05, 0) is 17.7 Å². The third-order valence-corrected chi connectivity index (χ3v) is 3.38. The number of carbonyl (C=O) groups is 1. The molecule has 1 aromatic carbocycles. The van der Waals surface area contributed by atoms with Crippen LogP contribution >= 0.6 is 0 Å². The largest absolute Gasteiger partial charge is 0.488 e. The first-order chi connectivity index (χ1) is 9.83. The number of hydrogen-bond donors (Lipinski definition) is 2. The summed E-state index contributed by atoms with van der Waals surface area (Å²) in [4.78, 5) is 12.7. The van der Waals surface area contributed by atoms with E-state index in [1.54, 1.807) is 6.07 Å². The number of nitrogens with zero attached hydrogens (tertiary/aromatic N) is 1. The molecule has 0 radical (unpaired) electrons. The number of rotatable bonds is 5. The van der Waals surface area contributed by atoms with E-state index < -0.39 is 16.5 Å². The van der Waals surface area contributed by atoms with Gasteiger partial charge in [-0.25, -0.2) is 0 Å². The molecule has 0 saturated carbocycles. The molecule has 9 heteroatoms. The van der Waals surface area contributed by atoms with Crippen LogP contribution in [0.3, 0.4) is 0 Å². The molecule has 0 amide bonds. The van der Waals surface area contributed by atoms with Gasteiger partial charge in [0, 0.05) is 37.9 Å². The molecule has 7 nitrogen and oxygen atoms in total. The van der Waals surface area contributed by atoms with Gasteiger partial charge < -0.3 is 19.5 Å². The van der Waals surface area contributed by atoms with Crippen LogP contribution in [0.1, 0.15) is 5.56 Å². The van der Waals surface area contributed by atoms with Crippen LogP contribution in [0.2, 0.25) is 0 Å². The van der Waals surface area contributed by atoms with E-state index in [0.29, 0.717) is 24.3 Å². The minimum absolute atomic E-state index is 0.232. The van der Waals surface area contributed by atoms with Crippen LogP contribution in [0.4, 0.5) is 9.57 Å². The predicted molar refractivity (Wildman–Crippen MR) is 73.5 cm³/mol. The smallest absolute Gasteiger partial charge is 0.481 e. The van der Waals surface area contributed by atoms with Gasteiger partial charge in [0.25, 0.3) is 0 Å². The normalized spacial score (nSPS) is 15.8. The zero-order chi connectivity index (χ0) is 15.5. The summed E-state index contributed by atoms with van der Waals surface area (Å²) in [5.74, 6) is -1.30. The summed E-state index contributed by atoms with van der Waals surface area (Å²) >= 11 is 0. The lowest BCUT2D eigenvalue weighted by molar-refractivity contribution is -0.136. The van der Waals surface area contributed by atoms with Crippen molar-refractivity contribution in [2.45, 2.75) is 6.42 Å². The molecule has 1 saturated heterocycles. The lowest BCUT2D eigenvalue weighted by atomic mass is 10.1. The van der Waals surface area contributed by atoms with Gasteiger partial charge in [0.15, 0.2) is 0 Å². The summed E-state index contributed by atoms with van der Waals surface area (Å²) in [6, 6.07) is 4.22. The Morgan fingerprint density at radius 2 is 2.00 bits per heavy atom. The summed E-state index contributed by atoms with van der Waals surface area (Å²) < 4.78 is 38.1. The van der Waals surface area contributed by atoms with E-state index in [-0.39, 0.29) is 12.2 Å². The summed E-state index contributed by atoms with van der Waals surface area (Å²) in [6.07, 6.45) is -0.303. The highest BCUT2D eigenvalue weighted by Gasteiger charge is 2.16. The SMILES string of the molecule is O=C(O)Cc1cc(OS(=O)(=O)F)cc(N2CCNCC2)c1. The maximum Gasteiger partial charge on any atom is 0.488 e. The van der Waals surface area contributed by atoms with E-state index in [2.05, 4.69) is 9.50 Å². The van der Waals surface area contributed by atoms with Crippen molar-refractivity contribution in [1.82, 2.24) is 5.32 Å². The van der Waals surface area contributed by atoms with Gasteiger partial charge in [0.1, 0.15) is 5.75 Å². The fourth-order valence-corrected chi connectivity index (χ4v) is 2.51. The second kappa shape index (κ2) is 6.27. The molecular weight excluding hydrogens is 303 g/mol. The van der Waals surface area contributed by atoms with Crippen molar-refractivity contribution in [2.24, 2.45) is 0 Å². The Morgan fingerprint density at radius 1 is 1.33 bits per heavy atom. The topological polar surface area (TPSA) is 95.9 Å². The van der Waals surface area contributed by atoms with Crippen molar-refractivity contribution in [3.8, 4) is 5.75 Å². The molecule has 116 valence electrons. The van der Waals surface area contributed by atoms with Gasteiger partial charge in [-0.3, -0.25) is 4.79 Å². The fourth-order valence-electron chi connectivity index (χ4n) is 2.19. The molecule has 0 spiro atoms. The number of aliphatic carboxylic acids is 1. The Kier molecular flexibility index (Phi) is 4.63. The van der Waals surface area contributed by atoms with Crippen LogP contribution in [0.15, 0.2) is 18.2 Å². The van der Waals surface area contributed by atoms with E-state index in [9.17, 15) is 17.1 Å². The number of carboxylic acid groups (broad SMARTS) is 1. The van der Waals surface area contributed by atoms with Gasteiger partial charge in [-0.2, -0.15) is 8.42 Å². The Balaban J connectivity index is 2.33. The maximum atomic E-state index is 12.7. The highest BCUT2D eigenvalue weighted by molar-refractivity contribution is 7.81. The third-order valence-electron chi connectivity index (χ3n) is 2.98. The summed E-state index contributed by atoms with van der Waals surface area (Å²) in [5, 5.41) is 12.0. The number of halogens is 1. The predicted octanol–water partition coefficient (Wildman–Crippen LogP) is 0.316. The number of hydrogen-bond acceptors (Lipinski definition) is 6. The highest BCUT2D eigenvalue weighted by atomic mass is 32.3. The monoisotopic (exact) mass is 318 g/mol. The first kappa shape index (κ1) is 15.5. The van der Waals surface area contributed by atoms with Gasteiger partial charge in [0.05, 0.1) is 6.42 Å². The number of benzene rings is 1. The molecule has 1 aromatic rings. The molecular formula is C12H15FN2O5S.